The SMILES string of the molecule is CCOC1(C(C)(C)C)C=CC([Si](Cl)(Cl)Cl)=CC1. The Morgan fingerprint density at radius 2 is 1.94 bits per heavy atom. The Morgan fingerprint density at radius 1 is 1.35 bits per heavy atom. The lowest BCUT2D eigenvalue weighted by Crippen LogP contribution is -2.44. The molecule has 98 valence electrons. The lowest BCUT2D eigenvalue weighted by Gasteiger charge is -2.43. The molecule has 0 N–H and O–H groups in total. The molecule has 0 bridgehead atoms. The average molecular weight is 314 g/mol. The van der Waals surface area contributed by atoms with Gasteiger partial charge in [0.05, 0.1) is 5.60 Å². The minimum atomic E-state index is -2.77. The maximum atomic E-state index is 6.01. The fraction of sp³-hybridized carbons (Fsp3) is 0.667. The minimum absolute atomic E-state index is 0.0106. The molecule has 1 unspecified atom stereocenters. The highest BCUT2D eigenvalue weighted by Crippen LogP contribution is 2.43. The monoisotopic (exact) mass is 312 g/mol. The number of halogens is 3. The minimum Gasteiger partial charge on any atom is -0.370 e. The maximum Gasteiger partial charge on any atom is 0.372 e. The Bertz CT molecular complexity index is 339. The van der Waals surface area contributed by atoms with Gasteiger partial charge in [-0.05, 0) is 24.0 Å². The van der Waals surface area contributed by atoms with Gasteiger partial charge >= 0.3 is 6.00 Å². The first kappa shape index (κ1) is 15.6. The lowest BCUT2D eigenvalue weighted by molar-refractivity contribution is -0.0745. The molecule has 0 aromatic heterocycles. The predicted octanol–water partition coefficient (Wildman–Crippen LogP) is 4.89. The standard InChI is InChI=1S/C12H19Cl3OSi/c1-5-16-12(11(2,3)4)8-6-10(7-9-12)17(13,14)15/h6-8H,5,9H2,1-4H3. The maximum absolute atomic E-state index is 6.01. The molecule has 0 aromatic carbocycles. The van der Waals surface area contributed by atoms with E-state index in [1.54, 1.807) is 0 Å². The van der Waals surface area contributed by atoms with Crippen LogP contribution < -0.4 is 0 Å². The number of ether oxygens (including phenoxy) is 1. The van der Waals surface area contributed by atoms with Crippen LogP contribution >= 0.6 is 33.2 Å². The quantitative estimate of drug-likeness (QED) is 0.532. The van der Waals surface area contributed by atoms with Crippen molar-refractivity contribution in [2.45, 2.75) is 39.7 Å². The molecule has 0 saturated carbocycles. The van der Waals surface area contributed by atoms with Crippen LogP contribution in [0.1, 0.15) is 34.1 Å². The Morgan fingerprint density at radius 3 is 2.24 bits per heavy atom. The van der Waals surface area contributed by atoms with Gasteiger partial charge in [-0.25, -0.2) is 0 Å². The summed E-state index contributed by atoms with van der Waals surface area (Å²) in [7, 11) is 0. The molecular formula is C12H19Cl3OSi. The van der Waals surface area contributed by atoms with Gasteiger partial charge < -0.3 is 4.74 Å². The molecule has 0 aromatic rings. The molecule has 0 amide bonds. The number of allylic oxidation sites excluding steroid dienone is 2. The molecule has 0 aliphatic heterocycles. The number of rotatable bonds is 3. The molecule has 0 saturated heterocycles. The van der Waals surface area contributed by atoms with Crippen molar-refractivity contribution >= 4 is 39.2 Å². The van der Waals surface area contributed by atoms with Crippen LogP contribution in [0.15, 0.2) is 23.4 Å². The van der Waals surface area contributed by atoms with Crippen LogP contribution in [-0.2, 0) is 4.74 Å². The lowest BCUT2D eigenvalue weighted by atomic mass is 9.72. The van der Waals surface area contributed by atoms with Gasteiger partial charge in [-0.3, -0.25) is 0 Å². The zero-order valence-corrected chi connectivity index (χ0v) is 14.0. The molecular weight excluding hydrogens is 295 g/mol. The highest BCUT2D eigenvalue weighted by atomic mass is 35.8. The van der Waals surface area contributed by atoms with Crippen LogP contribution in [0.2, 0.25) is 0 Å². The first-order chi connectivity index (χ1) is 7.62. The highest BCUT2D eigenvalue weighted by molar-refractivity contribution is 7.67. The highest BCUT2D eigenvalue weighted by Gasteiger charge is 2.43. The second-order valence-corrected chi connectivity index (χ2v) is 13.7. The van der Waals surface area contributed by atoms with Crippen molar-refractivity contribution in [2.75, 3.05) is 6.61 Å². The van der Waals surface area contributed by atoms with Gasteiger partial charge in [0.25, 0.3) is 0 Å². The summed E-state index contributed by atoms with van der Waals surface area (Å²) < 4.78 is 5.95. The van der Waals surface area contributed by atoms with Crippen LogP contribution in [0.4, 0.5) is 0 Å². The number of hydrogen-bond donors (Lipinski definition) is 0. The van der Waals surface area contributed by atoms with Crippen molar-refractivity contribution in [1.29, 1.82) is 0 Å². The van der Waals surface area contributed by atoms with Gasteiger partial charge in [0.1, 0.15) is 0 Å². The molecule has 0 radical (unpaired) electrons. The van der Waals surface area contributed by atoms with E-state index < -0.39 is 6.00 Å². The van der Waals surface area contributed by atoms with Gasteiger partial charge in [0.15, 0.2) is 0 Å². The van der Waals surface area contributed by atoms with E-state index in [4.69, 9.17) is 38.0 Å². The van der Waals surface area contributed by atoms with Crippen LogP contribution in [0.25, 0.3) is 0 Å². The van der Waals surface area contributed by atoms with Crippen LogP contribution in [0.5, 0.6) is 0 Å². The summed E-state index contributed by atoms with van der Waals surface area (Å²) in [4.78, 5) is 0. The molecule has 1 rings (SSSR count). The summed E-state index contributed by atoms with van der Waals surface area (Å²) in [5.74, 6) is 0. The third kappa shape index (κ3) is 3.51. The first-order valence-corrected chi connectivity index (χ1v) is 10.8. The predicted molar refractivity (Wildman–Crippen MR) is 79.0 cm³/mol. The third-order valence-electron chi connectivity index (χ3n) is 3.16. The van der Waals surface area contributed by atoms with Crippen LogP contribution in [-0.4, -0.2) is 18.2 Å². The van der Waals surface area contributed by atoms with Crippen molar-refractivity contribution in [1.82, 2.24) is 0 Å². The van der Waals surface area contributed by atoms with Crippen molar-refractivity contribution in [2.24, 2.45) is 5.41 Å². The van der Waals surface area contributed by atoms with Gasteiger partial charge in [0.2, 0.25) is 0 Å². The molecule has 0 fully saturated rings. The van der Waals surface area contributed by atoms with E-state index in [2.05, 4.69) is 26.8 Å². The molecule has 1 aliphatic carbocycles. The van der Waals surface area contributed by atoms with Crippen molar-refractivity contribution in [3.05, 3.63) is 23.4 Å². The van der Waals surface area contributed by atoms with Crippen LogP contribution in [0.3, 0.4) is 0 Å². The van der Waals surface area contributed by atoms with E-state index in [0.717, 1.165) is 11.6 Å². The van der Waals surface area contributed by atoms with Gasteiger partial charge in [-0.15, -0.1) is 33.2 Å². The van der Waals surface area contributed by atoms with Crippen molar-refractivity contribution in [3.63, 3.8) is 0 Å². The summed E-state index contributed by atoms with van der Waals surface area (Å²) >= 11 is 18.0. The molecule has 1 atom stereocenters. The fourth-order valence-electron chi connectivity index (χ4n) is 1.97. The largest absolute Gasteiger partial charge is 0.372 e. The average Bonchev–Trinajstić information content (AvgIpc) is 2.15. The van der Waals surface area contributed by atoms with Crippen molar-refractivity contribution < 1.29 is 4.74 Å². The van der Waals surface area contributed by atoms with Crippen molar-refractivity contribution in [3.8, 4) is 0 Å². The second-order valence-electron chi connectivity index (χ2n) is 5.27. The summed E-state index contributed by atoms with van der Waals surface area (Å²) in [6, 6.07) is -2.77. The Hall–Kier alpha value is 0.527. The Labute approximate surface area is 119 Å². The first-order valence-electron chi connectivity index (χ1n) is 5.73. The smallest absolute Gasteiger partial charge is 0.370 e. The van der Waals surface area contributed by atoms with E-state index in [1.165, 1.54) is 0 Å². The summed E-state index contributed by atoms with van der Waals surface area (Å²) in [6.45, 7) is 9.18. The van der Waals surface area contributed by atoms with Gasteiger partial charge in [-0.2, -0.15) is 0 Å². The van der Waals surface area contributed by atoms with Gasteiger partial charge in [-0.1, -0.05) is 39.0 Å². The van der Waals surface area contributed by atoms with Crippen LogP contribution in [0, 0.1) is 5.41 Å². The van der Waals surface area contributed by atoms with E-state index in [0.29, 0.717) is 6.61 Å². The Kier molecular flexibility index (Phi) is 4.82. The van der Waals surface area contributed by atoms with Gasteiger partial charge in [0, 0.05) is 6.61 Å². The Balaban J connectivity index is 2.98. The zero-order valence-electron chi connectivity index (χ0n) is 10.7. The molecule has 1 aliphatic rings. The topological polar surface area (TPSA) is 9.23 Å². The normalized spacial score (nSPS) is 25.9. The summed E-state index contributed by atoms with van der Waals surface area (Å²) in [5.41, 5.74) is -0.285. The summed E-state index contributed by atoms with van der Waals surface area (Å²) in [5, 5.41) is 0.849. The zero-order chi connectivity index (χ0) is 13.3. The molecule has 17 heavy (non-hydrogen) atoms. The summed E-state index contributed by atoms with van der Waals surface area (Å²) in [6.07, 6.45) is 6.75. The molecule has 0 spiro atoms. The number of hydrogen-bond acceptors (Lipinski definition) is 1. The molecule has 0 heterocycles. The molecule has 1 nitrogen and oxygen atoms in total. The molecule has 5 heteroatoms. The third-order valence-corrected chi connectivity index (χ3v) is 6.15. The fourth-order valence-corrected chi connectivity index (χ4v) is 3.84. The van der Waals surface area contributed by atoms with E-state index in [1.807, 2.05) is 19.1 Å². The second kappa shape index (κ2) is 5.26. The van der Waals surface area contributed by atoms with E-state index in [9.17, 15) is 0 Å². The van der Waals surface area contributed by atoms with E-state index >= 15 is 0 Å². The van der Waals surface area contributed by atoms with E-state index in [-0.39, 0.29) is 11.0 Å².